The molecule has 7 nitrogen and oxygen atoms in total. The van der Waals surface area contributed by atoms with E-state index in [4.69, 9.17) is 0 Å². The van der Waals surface area contributed by atoms with Gasteiger partial charge in [0, 0.05) is 45.1 Å². The summed E-state index contributed by atoms with van der Waals surface area (Å²) >= 11 is 0. The van der Waals surface area contributed by atoms with Crippen LogP contribution in [0.1, 0.15) is 25.5 Å². The van der Waals surface area contributed by atoms with Crippen molar-refractivity contribution in [1.29, 1.82) is 0 Å². The molecular formula is C15H25ClN4O3S. The lowest BCUT2D eigenvalue weighted by Gasteiger charge is -2.36. The third-order valence-electron chi connectivity index (χ3n) is 4.04. The van der Waals surface area contributed by atoms with Crippen LogP contribution in [0, 0.1) is 0 Å². The number of rotatable bonds is 6. The monoisotopic (exact) mass is 376 g/mol. The number of pyridine rings is 1. The van der Waals surface area contributed by atoms with Gasteiger partial charge in [-0.1, -0.05) is 19.9 Å². The van der Waals surface area contributed by atoms with Crippen LogP contribution in [-0.2, 0) is 14.8 Å². The summed E-state index contributed by atoms with van der Waals surface area (Å²) in [7, 11) is -3.57. The molecule has 0 bridgehead atoms. The number of aromatic nitrogens is 1. The van der Waals surface area contributed by atoms with Crippen molar-refractivity contribution in [3.63, 3.8) is 0 Å². The van der Waals surface area contributed by atoms with E-state index in [2.05, 4.69) is 10.3 Å². The zero-order chi connectivity index (χ0) is 16.9. The molecule has 1 atom stereocenters. The van der Waals surface area contributed by atoms with Crippen molar-refractivity contribution in [2.45, 2.75) is 19.9 Å². The van der Waals surface area contributed by atoms with Crippen LogP contribution in [0.5, 0.6) is 0 Å². The fraction of sp³-hybridized carbons (Fsp3) is 0.600. The normalized spacial score (nSPS) is 18.3. The quantitative estimate of drug-likeness (QED) is 0.788. The van der Waals surface area contributed by atoms with E-state index in [1.54, 1.807) is 31.1 Å². The number of carbonyl (C=O) groups is 1. The number of piperazine rings is 1. The van der Waals surface area contributed by atoms with E-state index in [9.17, 15) is 13.2 Å². The maximum atomic E-state index is 12.6. The summed E-state index contributed by atoms with van der Waals surface area (Å²) < 4.78 is 26.0. The molecule has 1 aliphatic heterocycles. The standard InChI is InChI=1S/C15H24N4O3S.ClH/c1-3-18(4-2)23(21,22)12-15(20)19-9-8-17-11-14(19)13-6-5-7-16-10-13;/h5-7,10,14,17H,3-4,8-9,11-12H2,1-2H3;1H. The minimum absolute atomic E-state index is 0. The molecule has 0 spiro atoms. The van der Waals surface area contributed by atoms with E-state index in [0.29, 0.717) is 32.7 Å². The zero-order valence-electron chi connectivity index (χ0n) is 14.0. The van der Waals surface area contributed by atoms with Crippen LogP contribution >= 0.6 is 12.4 Å². The maximum absolute atomic E-state index is 12.6. The van der Waals surface area contributed by atoms with Crippen molar-refractivity contribution < 1.29 is 13.2 Å². The van der Waals surface area contributed by atoms with Gasteiger partial charge in [-0.2, -0.15) is 0 Å². The molecule has 0 aromatic carbocycles. The van der Waals surface area contributed by atoms with Crippen LogP contribution in [0.15, 0.2) is 24.5 Å². The molecule has 136 valence electrons. The molecule has 0 radical (unpaired) electrons. The molecule has 1 aromatic rings. The summed E-state index contributed by atoms with van der Waals surface area (Å²) in [5.41, 5.74) is 0.910. The highest BCUT2D eigenvalue weighted by Crippen LogP contribution is 2.22. The number of hydrogen-bond acceptors (Lipinski definition) is 5. The van der Waals surface area contributed by atoms with Crippen LogP contribution in [0.3, 0.4) is 0 Å². The van der Waals surface area contributed by atoms with Crippen molar-refractivity contribution in [3.8, 4) is 0 Å². The number of hydrogen-bond donors (Lipinski definition) is 1. The second-order valence-corrected chi connectivity index (χ2v) is 7.40. The Hall–Kier alpha value is -1.22. The zero-order valence-corrected chi connectivity index (χ0v) is 15.6. The van der Waals surface area contributed by atoms with E-state index in [0.717, 1.165) is 5.56 Å². The molecule has 0 aliphatic carbocycles. The Morgan fingerprint density at radius 1 is 1.42 bits per heavy atom. The predicted molar refractivity (Wildman–Crippen MR) is 95.5 cm³/mol. The van der Waals surface area contributed by atoms with Crippen LogP contribution in [0.2, 0.25) is 0 Å². The van der Waals surface area contributed by atoms with Gasteiger partial charge >= 0.3 is 0 Å². The molecule has 1 amide bonds. The Bertz CT molecular complexity index is 623. The second kappa shape index (κ2) is 9.31. The van der Waals surface area contributed by atoms with E-state index in [1.807, 2.05) is 12.1 Å². The molecule has 2 rings (SSSR count). The number of halogens is 1. The number of sulfonamides is 1. The summed E-state index contributed by atoms with van der Waals surface area (Å²) in [5, 5.41) is 3.24. The van der Waals surface area contributed by atoms with Gasteiger partial charge < -0.3 is 10.2 Å². The van der Waals surface area contributed by atoms with Crippen LogP contribution in [0.25, 0.3) is 0 Å². The highest BCUT2D eigenvalue weighted by atomic mass is 35.5. The Balaban J connectivity index is 0.00000288. The van der Waals surface area contributed by atoms with Gasteiger partial charge in [-0.25, -0.2) is 12.7 Å². The van der Waals surface area contributed by atoms with Crippen molar-refractivity contribution in [2.24, 2.45) is 0 Å². The molecule has 24 heavy (non-hydrogen) atoms. The first kappa shape index (κ1) is 20.8. The molecule has 1 N–H and O–H groups in total. The average Bonchev–Trinajstić information content (AvgIpc) is 2.56. The first-order chi connectivity index (χ1) is 11.0. The van der Waals surface area contributed by atoms with Gasteiger partial charge in [0.1, 0.15) is 5.75 Å². The van der Waals surface area contributed by atoms with Crippen molar-refractivity contribution in [3.05, 3.63) is 30.1 Å². The molecule has 1 unspecified atom stereocenters. The van der Waals surface area contributed by atoms with Crippen molar-refractivity contribution in [1.82, 2.24) is 19.5 Å². The smallest absolute Gasteiger partial charge is 0.239 e. The predicted octanol–water partition coefficient (Wildman–Crippen LogP) is 0.648. The Morgan fingerprint density at radius 2 is 2.12 bits per heavy atom. The van der Waals surface area contributed by atoms with Crippen molar-refractivity contribution in [2.75, 3.05) is 38.5 Å². The Labute approximate surface area is 149 Å². The molecule has 9 heteroatoms. The highest BCUT2D eigenvalue weighted by molar-refractivity contribution is 7.89. The molecule has 1 fully saturated rings. The fourth-order valence-corrected chi connectivity index (χ4v) is 4.27. The van der Waals surface area contributed by atoms with Gasteiger partial charge in [0.2, 0.25) is 15.9 Å². The first-order valence-electron chi connectivity index (χ1n) is 7.87. The van der Waals surface area contributed by atoms with Crippen molar-refractivity contribution >= 4 is 28.3 Å². The number of amides is 1. The Morgan fingerprint density at radius 3 is 2.71 bits per heavy atom. The fourth-order valence-electron chi connectivity index (χ4n) is 2.82. The summed E-state index contributed by atoms with van der Waals surface area (Å²) in [4.78, 5) is 18.3. The van der Waals surface area contributed by atoms with Gasteiger partial charge in [-0.05, 0) is 11.6 Å². The molecule has 1 aliphatic rings. The van der Waals surface area contributed by atoms with E-state index >= 15 is 0 Å². The lowest BCUT2D eigenvalue weighted by molar-refractivity contribution is -0.131. The number of nitrogens with one attached hydrogen (secondary N) is 1. The van der Waals surface area contributed by atoms with E-state index < -0.39 is 15.8 Å². The molecule has 1 aromatic heterocycles. The average molecular weight is 377 g/mol. The third-order valence-corrected chi connectivity index (χ3v) is 5.95. The van der Waals surface area contributed by atoms with E-state index in [1.165, 1.54) is 4.31 Å². The lowest BCUT2D eigenvalue weighted by Crippen LogP contribution is -2.51. The van der Waals surface area contributed by atoms with Crippen LogP contribution < -0.4 is 5.32 Å². The lowest BCUT2D eigenvalue weighted by atomic mass is 10.1. The molecule has 2 heterocycles. The van der Waals surface area contributed by atoms with Gasteiger partial charge in [0.25, 0.3) is 0 Å². The number of carbonyl (C=O) groups excluding carboxylic acids is 1. The topological polar surface area (TPSA) is 82.6 Å². The molecule has 1 saturated heterocycles. The van der Waals surface area contributed by atoms with Gasteiger partial charge in [0.15, 0.2) is 0 Å². The summed E-state index contributed by atoms with van der Waals surface area (Å²) in [6.07, 6.45) is 3.40. The highest BCUT2D eigenvalue weighted by Gasteiger charge is 2.32. The van der Waals surface area contributed by atoms with Gasteiger partial charge in [0.05, 0.1) is 6.04 Å². The van der Waals surface area contributed by atoms with Crippen LogP contribution in [-0.4, -0.2) is 67.0 Å². The SMILES string of the molecule is CCN(CC)S(=O)(=O)CC(=O)N1CCNCC1c1cccnc1.Cl. The summed E-state index contributed by atoms with van der Waals surface area (Å²) in [5.74, 6) is -0.835. The summed E-state index contributed by atoms with van der Waals surface area (Å²) in [6.45, 7) is 6.05. The van der Waals surface area contributed by atoms with Gasteiger partial charge in [-0.3, -0.25) is 9.78 Å². The second-order valence-electron chi connectivity index (χ2n) is 5.43. The maximum Gasteiger partial charge on any atom is 0.239 e. The Kier molecular flexibility index (Phi) is 8.08. The largest absolute Gasteiger partial charge is 0.332 e. The van der Waals surface area contributed by atoms with E-state index in [-0.39, 0.29) is 24.4 Å². The third kappa shape index (κ3) is 4.89. The summed E-state index contributed by atoms with van der Waals surface area (Å²) in [6, 6.07) is 3.54. The molecular weight excluding hydrogens is 352 g/mol. The molecule has 0 saturated carbocycles. The minimum atomic E-state index is -3.57. The first-order valence-corrected chi connectivity index (χ1v) is 9.48. The minimum Gasteiger partial charge on any atom is -0.332 e. The number of nitrogens with zero attached hydrogens (tertiary/aromatic N) is 3. The van der Waals surface area contributed by atoms with Crippen LogP contribution in [0.4, 0.5) is 0 Å². The van der Waals surface area contributed by atoms with Gasteiger partial charge in [-0.15, -0.1) is 12.4 Å².